The number of hydrogen-bond donors (Lipinski definition) is 1. The van der Waals surface area contributed by atoms with Gasteiger partial charge in [0.1, 0.15) is 16.5 Å². The van der Waals surface area contributed by atoms with Crippen LogP contribution < -0.4 is 20.3 Å². The maximum atomic E-state index is 12.8. The van der Waals surface area contributed by atoms with E-state index in [1.54, 1.807) is 43.4 Å². The summed E-state index contributed by atoms with van der Waals surface area (Å²) in [5.41, 5.74) is 3.24. The summed E-state index contributed by atoms with van der Waals surface area (Å²) in [5.74, 6) is 1.21. The first kappa shape index (κ1) is 24.7. The zero-order valence-corrected chi connectivity index (χ0v) is 21.7. The molecule has 1 aliphatic heterocycles. The van der Waals surface area contributed by atoms with Crippen molar-refractivity contribution in [3.05, 3.63) is 70.1 Å². The molecule has 0 unspecified atom stereocenters. The number of carbonyl (C=O) groups is 1. The molecule has 192 valence electrons. The highest BCUT2D eigenvalue weighted by Crippen LogP contribution is 2.26. The number of nitrogens with zero attached hydrogens (tertiary/aromatic N) is 5. The Morgan fingerprint density at radius 3 is 2.32 bits per heavy atom. The number of carbonyl (C=O) groups excluding carboxylic acids is 1. The number of nitrogens with one attached hydrogen (secondary N) is 1. The van der Waals surface area contributed by atoms with E-state index >= 15 is 0 Å². The van der Waals surface area contributed by atoms with Crippen molar-refractivity contribution >= 4 is 28.0 Å². The summed E-state index contributed by atoms with van der Waals surface area (Å²) in [6.07, 6.45) is 0. The molecular formula is C26H28N6O4S. The highest BCUT2D eigenvalue weighted by Gasteiger charge is 2.22. The van der Waals surface area contributed by atoms with Crippen molar-refractivity contribution in [2.45, 2.75) is 13.5 Å². The van der Waals surface area contributed by atoms with E-state index in [-0.39, 0.29) is 11.6 Å². The fraction of sp³-hybridized carbons (Fsp3) is 0.308. The average molecular weight is 521 g/mol. The molecule has 10 nitrogen and oxygen atoms in total. The van der Waals surface area contributed by atoms with E-state index < -0.39 is 0 Å². The van der Waals surface area contributed by atoms with Crippen LogP contribution in [0.5, 0.6) is 11.5 Å². The Balaban J connectivity index is 1.21. The second-order valence-electron chi connectivity index (χ2n) is 8.85. The molecule has 2 amide bonds. The highest BCUT2D eigenvalue weighted by atomic mass is 32.1. The van der Waals surface area contributed by atoms with E-state index in [1.165, 1.54) is 21.4 Å². The third kappa shape index (κ3) is 5.57. The molecule has 2 aromatic heterocycles. The van der Waals surface area contributed by atoms with Crippen molar-refractivity contribution in [2.24, 2.45) is 0 Å². The quantitative estimate of drug-likeness (QED) is 0.415. The Morgan fingerprint density at radius 1 is 1.00 bits per heavy atom. The van der Waals surface area contributed by atoms with Crippen LogP contribution in [0.25, 0.3) is 15.5 Å². The van der Waals surface area contributed by atoms with Gasteiger partial charge in [-0.1, -0.05) is 41.2 Å². The molecule has 1 fully saturated rings. The second-order valence-corrected chi connectivity index (χ2v) is 9.80. The number of piperazine rings is 1. The van der Waals surface area contributed by atoms with Gasteiger partial charge >= 0.3 is 6.03 Å². The summed E-state index contributed by atoms with van der Waals surface area (Å²) in [5, 5.41) is 8.14. The predicted octanol–water partition coefficient (Wildman–Crippen LogP) is 3.49. The number of urea groups is 1. The van der Waals surface area contributed by atoms with Gasteiger partial charge in [0.25, 0.3) is 5.56 Å². The van der Waals surface area contributed by atoms with Crippen LogP contribution in [0.4, 0.5) is 10.5 Å². The molecule has 1 N–H and O–H groups in total. The zero-order valence-electron chi connectivity index (χ0n) is 20.9. The van der Waals surface area contributed by atoms with Crippen LogP contribution in [0.15, 0.2) is 53.3 Å². The van der Waals surface area contributed by atoms with Crippen molar-refractivity contribution in [1.82, 2.24) is 24.4 Å². The Morgan fingerprint density at radius 2 is 1.68 bits per heavy atom. The van der Waals surface area contributed by atoms with Crippen molar-refractivity contribution in [1.29, 1.82) is 0 Å². The van der Waals surface area contributed by atoms with Crippen LogP contribution >= 0.6 is 11.3 Å². The summed E-state index contributed by atoms with van der Waals surface area (Å²) < 4.78 is 11.9. The van der Waals surface area contributed by atoms with Crippen molar-refractivity contribution in [2.75, 3.05) is 45.7 Å². The van der Waals surface area contributed by atoms with E-state index in [2.05, 4.69) is 15.3 Å². The summed E-state index contributed by atoms with van der Waals surface area (Å²) in [4.78, 5) is 34.8. The average Bonchev–Trinajstić information content (AvgIpc) is 3.34. The lowest BCUT2D eigenvalue weighted by Crippen LogP contribution is -2.49. The molecule has 1 aliphatic rings. The number of benzene rings is 2. The lowest BCUT2D eigenvalue weighted by molar-refractivity contribution is 0.142. The van der Waals surface area contributed by atoms with Gasteiger partial charge in [-0.05, 0) is 6.92 Å². The van der Waals surface area contributed by atoms with Crippen molar-refractivity contribution < 1.29 is 14.3 Å². The van der Waals surface area contributed by atoms with E-state index in [0.717, 1.165) is 10.6 Å². The number of aryl methyl sites for hydroxylation is 1. The normalized spacial score (nSPS) is 14.1. The van der Waals surface area contributed by atoms with Gasteiger partial charge < -0.3 is 19.7 Å². The topological polar surface area (TPSA) is 101 Å². The Labute approximate surface area is 218 Å². The number of amides is 2. The summed E-state index contributed by atoms with van der Waals surface area (Å²) in [7, 11) is 3.14. The molecule has 11 heteroatoms. The van der Waals surface area contributed by atoms with Gasteiger partial charge in [0.05, 0.1) is 19.9 Å². The van der Waals surface area contributed by atoms with Gasteiger partial charge in [0.15, 0.2) is 0 Å². The summed E-state index contributed by atoms with van der Waals surface area (Å²) >= 11 is 1.40. The lowest BCUT2D eigenvalue weighted by Gasteiger charge is -2.34. The largest absolute Gasteiger partial charge is 0.497 e. The van der Waals surface area contributed by atoms with Gasteiger partial charge in [0.2, 0.25) is 4.96 Å². The van der Waals surface area contributed by atoms with Crippen LogP contribution in [0.2, 0.25) is 0 Å². The number of rotatable bonds is 6. The first-order valence-electron chi connectivity index (χ1n) is 11.9. The SMILES string of the molecule is COc1cc(NC(=O)N2CCN(Cc3cc(=O)n4nc(-c5ccc(C)cc5)sc4n3)CC2)cc(OC)c1. The maximum absolute atomic E-state index is 12.8. The first-order chi connectivity index (χ1) is 17.9. The molecule has 0 atom stereocenters. The monoisotopic (exact) mass is 520 g/mol. The second kappa shape index (κ2) is 10.6. The fourth-order valence-electron chi connectivity index (χ4n) is 4.17. The highest BCUT2D eigenvalue weighted by molar-refractivity contribution is 7.19. The molecule has 2 aromatic carbocycles. The number of hydrogen-bond acceptors (Lipinski definition) is 8. The number of methoxy groups -OCH3 is 2. The predicted molar refractivity (Wildman–Crippen MR) is 143 cm³/mol. The molecule has 0 aliphatic carbocycles. The lowest BCUT2D eigenvalue weighted by atomic mass is 10.2. The molecule has 37 heavy (non-hydrogen) atoms. The standard InChI is InChI=1S/C26H28N6O4S/c1-17-4-6-18(7-5-17)24-29-32-23(33)14-20(28-26(32)37-24)16-30-8-10-31(11-9-30)25(34)27-19-12-21(35-2)15-22(13-19)36-3/h4-7,12-15H,8-11,16H2,1-3H3,(H,27,34). The molecule has 0 spiro atoms. The number of aromatic nitrogens is 3. The smallest absolute Gasteiger partial charge is 0.321 e. The van der Waals surface area contributed by atoms with Crippen LogP contribution in [0, 0.1) is 6.92 Å². The molecule has 1 saturated heterocycles. The Kier molecular flexibility index (Phi) is 7.06. The van der Waals surface area contributed by atoms with Gasteiger partial charge in [-0.25, -0.2) is 9.78 Å². The van der Waals surface area contributed by atoms with E-state index in [9.17, 15) is 9.59 Å². The van der Waals surface area contributed by atoms with Gasteiger partial charge in [-0.3, -0.25) is 9.69 Å². The molecular weight excluding hydrogens is 492 g/mol. The number of fused-ring (bicyclic) bond motifs is 1. The minimum absolute atomic E-state index is 0.180. The Hall–Kier alpha value is -3.96. The Bertz CT molecular complexity index is 1450. The van der Waals surface area contributed by atoms with Crippen LogP contribution in [-0.2, 0) is 6.54 Å². The minimum Gasteiger partial charge on any atom is -0.497 e. The maximum Gasteiger partial charge on any atom is 0.321 e. The number of ether oxygens (including phenoxy) is 2. The molecule has 0 saturated carbocycles. The van der Waals surface area contributed by atoms with Crippen molar-refractivity contribution in [3.8, 4) is 22.1 Å². The van der Waals surface area contributed by atoms with Gasteiger partial charge in [-0.15, -0.1) is 0 Å². The summed E-state index contributed by atoms with van der Waals surface area (Å²) in [6, 6.07) is 14.7. The molecule has 4 aromatic rings. The van der Waals surface area contributed by atoms with Gasteiger partial charge in [0, 0.05) is 68.2 Å². The number of anilines is 1. The van der Waals surface area contributed by atoms with Crippen LogP contribution in [0.3, 0.4) is 0 Å². The summed E-state index contributed by atoms with van der Waals surface area (Å²) in [6.45, 7) is 5.04. The molecule has 0 radical (unpaired) electrons. The first-order valence-corrected chi connectivity index (χ1v) is 12.7. The van der Waals surface area contributed by atoms with Gasteiger partial charge in [-0.2, -0.15) is 9.61 Å². The van der Waals surface area contributed by atoms with Crippen LogP contribution in [-0.4, -0.2) is 70.8 Å². The fourth-order valence-corrected chi connectivity index (χ4v) is 5.10. The van der Waals surface area contributed by atoms with Crippen molar-refractivity contribution in [3.63, 3.8) is 0 Å². The molecule has 3 heterocycles. The van der Waals surface area contributed by atoms with Crippen LogP contribution in [0.1, 0.15) is 11.3 Å². The molecule has 5 rings (SSSR count). The third-order valence-electron chi connectivity index (χ3n) is 6.24. The minimum atomic E-state index is -0.193. The third-order valence-corrected chi connectivity index (χ3v) is 7.20. The van der Waals surface area contributed by atoms with E-state index in [4.69, 9.17) is 14.5 Å². The molecule has 0 bridgehead atoms. The zero-order chi connectivity index (χ0) is 25.9. The van der Waals surface area contributed by atoms with E-state index in [0.29, 0.717) is 60.6 Å². The van der Waals surface area contributed by atoms with E-state index in [1.807, 2.05) is 31.2 Å².